The van der Waals surface area contributed by atoms with Crippen molar-refractivity contribution in [1.82, 2.24) is 9.97 Å². The molecule has 0 bridgehead atoms. The molecule has 2 aromatic rings. The van der Waals surface area contributed by atoms with Gasteiger partial charge < -0.3 is 10.2 Å². The smallest absolute Gasteiger partial charge is 0.229 e. The van der Waals surface area contributed by atoms with Gasteiger partial charge in [-0.2, -0.15) is 4.98 Å². The number of nitrogens with zero attached hydrogens (tertiary/aromatic N) is 3. The second-order valence-electron chi connectivity index (χ2n) is 6.07. The molecular weight excluding hydrogens is 324 g/mol. The summed E-state index contributed by atoms with van der Waals surface area (Å²) in [6.45, 7) is 4.76. The molecule has 1 aliphatic heterocycles. The Labute approximate surface area is 142 Å². The van der Waals surface area contributed by atoms with Gasteiger partial charge in [-0.05, 0) is 38.5 Å². The van der Waals surface area contributed by atoms with Crippen LogP contribution in [0.5, 0.6) is 0 Å². The van der Waals surface area contributed by atoms with Crippen molar-refractivity contribution in [3.05, 3.63) is 42.1 Å². The molecule has 1 saturated heterocycles. The predicted molar refractivity (Wildman–Crippen MR) is 96.6 cm³/mol. The quantitative estimate of drug-likeness (QED) is 0.897. The molecule has 0 radical (unpaired) electrons. The fraction of sp³-hybridized carbons (Fsp3) is 0.412. The van der Waals surface area contributed by atoms with Gasteiger partial charge in [0, 0.05) is 24.5 Å². The van der Waals surface area contributed by atoms with E-state index in [0.29, 0.717) is 18.9 Å². The summed E-state index contributed by atoms with van der Waals surface area (Å²) >= 11 is 0. The van der Waals surface area contributed by atoms with Gasteiger partial charge in [-0.25, -0.2) is 13.4 Å². The van der Waals surface area contributed by atoms with Crippen molar-refractivity contribution < 1.29 is 8.42 Å². The maximum Gasteiger partial charge on any atom is 0.229 e. The second-order valence-corrected chi connectivity index (χ2v) is 8.30. The number of aromatic nitrogens is 2. The topological polar surface area (TPSA) is 75.2 Å². The van der Waals surface area contributed by atoms with Crippen LogP contribution in [-0.4, -0.2) is 42.5 Å². The van der Waals surface area contributed by atoms with Crippen molar-refractivity contribution in [3.63, 3.8) is 0 Å². The molecule has 24 heavy (non-hydrogen) atoms. The van der Waals surface area contributed by atoms with Crippen molar-refractivity contribution in [1.29, 1.82) is 0 Å². The summed E-state index contributed by atoms with van der Waals surface area (Å²) in [5.74, 6) is 1.72. The summed E-state index contributed by atoms with van der Waals surface area (Å²) in [6.07, 6.45) is 2.35. The Kier molecular flexibility index (Phi) is 4.71. The van der Waals surface area contributed by atoms with E-state index in [9.17, 15) is 8.42 Å². The molecule has 6 nitrogen and oxygen atoms in total. The van der Waals surface area contributed by atoms with Crippen molar-refractivity contribution in [2.24, 2.45) is 0 Å². The standard InChI is InChI=1S/C17H22N4O2S/c1-3-21(15-9-11-24(22,23)12-15)16-8-10-18-17(20-16)19-14-6-4-13(2)5-7-14/h4-8,10,15H,3,9,11-12H2,1-2H3,(H,18,19,20). The third-order valence-corrected chi connectivity index (χ3v) is 5.98. The van der Waals surface area contributed by atoms with Crippen molar-refractivity contribution in [2.45, 2.75) is 26.3 Å². The Hall–Kier alpha value is -2.15. The van der Waals surface area contributed by atoms with Gasteiger partial charge in [0.05, 0.1) is 11.5 Å². The van der Waals surface area contributed by atoms with Gasteiger partial charge in [0.2, 0.25) is 5.95 Å². The van der Waals surface area contributed by atoms with E-state index in [1.807, 2.05) is 49.1 Å². The Morgan fingerprint density at radius 1 is 1.25 bits per heavy atom. The van der Waals surface area contributed by atoms with Gasteiger partial charge in [-0.3, -0.25) is 0 Å². The number of benzene rings is 1. The highest BCUT2D eigenvalue weighted by Gasteiger charge is 2.32. The lowest BCUT2D eigenvalue weighted by molar-refractivity contribution is 0.599. The van der Waals surface area contributed by atoms with E-state index < -0.39 is 9.84 Å². The molecule has 1 unspecified atom stereocenters. The first-order chi connectivity index (χ1) is 11.5. The van der Waals surface area contributed by atoms with Gasteiger partial charge in [0.15, 0.2) is 9.84 Å². The van der Waals surface area contributed by atoms with Gasteiger partial charge in [-0.15, -0.1) is 0 Å². The molecule has 2 heterocycles. The Bertz CT molecular complexity index is 806. The zero-order valence-electron chi connectivity index (χ0n) is 13.9. The molecule has 3 rings (SSSR count). The predicted octanol–water partition coefficient (Wildman–Crippen LogP) is 2.54. The SMILES string of the molecule is CCN(c1ccnc(Nc2ccc(C)cc2)n1)C1CCS(=O)(=O)C1. The van der Waals surface area contributed by atoms with E-state index in [4.69, 9.17) is 0 Å². The Balaban J connectivity index is 1.79. The monoisotopic (exact) mass is 346 g/mol. The van der Waals surface area contributed by atoms with Crippen LogP contribution in [0.4, 0.5) is 17.5 Å². The molecule has 1 atom stereocenters. The fourth-order valence-electron chi connectivity index (χ4n) is 2.96. The minimum Gasteiger partial charge on any atom is -0.353 e. The van der Waals surface area contributed by atoms with E-state index in [1.165, 1.54) is 5.56 Å². The highest BCUT2D eigenvalue weighted by atomic mass is 32.2. The molecule has 128 valence electrons. The normalized spacial score (nSPS) is 19.2. The number of sulfone groups is 1. The first-order valence-electron chi connectivity index (χ1n) is 8.10. The second kappa shape index (κ2) is 6.76. The van der Waals surface area contributed by atoms with Gasteiger partial charge in [0.1, 0.15) is 5.82 Å². The van der Waals surface area contributed by atoms with E-state index >= 15 is 0 Å². The molecular formula is C17H22N4O2S. The van der Waals surface area contributed by atoms with Crippen LogP contribution in [-0.2, 0) is 9.84 Å². The lowest BCUT2D eigenvalue weighted by Gasteiger charge is -2.28. The van der Waals surface area contributed by atoms with Crippen LogP contribution in [0.15, 0.2) is 36.5 Å². The van der Waals surface area contributed by atoms with E-state index in [-0.39, 0.29) is 17.5 Å². The molecule has 0 saturated carbocycles. The zero-order chi connectivity index (χ0) is 17.2. The third-order valence-electron chi connectivity index (χ3n) is 4.23. The van der Waals surface area contributed by atoms with Crippen LogP contribution < -0.4 is 10.2 Å². The summed E-state index contributed by atoms with van der Waals surface area (Å²) in [4.78, 5) is 10.9. The Morgan fingerprint density at radius 2 is 2.00 bits per heavy atom. The average Bonchev–Trinajstić information content (AvgIpc) is 2.91. The maximum atomic E-state index is 11.8. The molecule has 7 heteroatoms. The zero-order valence-corrected chi connectivity index (χ0v) is 14.8. The number of hydrogen-bond acceptors (Lipinski definition) is 6. The number of aryl methyl sites for hydroxylation is 1. The van der Waals surface area contributed by atoms with E-state index in [2.05, 4.69) is 15.3 Å². The first-order valence-corrected chi connectivity index (χ1v) is 9.93. The summed E-state index contributed by atoms with van der Waals surface area (Å²) in [7, 11) is -2.92. The van der Waals surface area contributed by atoms with Crippen LogP contribution in [0.3, 0.4) is 0 Å². The largest absolute Gasteiger partial charge is 0.353 e. The number of rotatable bonds is 5. The molecule has 1 aliphatic rings. The van der Waals surface area contributed by atoms with Crippen LogP contribution >= 0.6 is 0 Å². The van der Waals surface area contributed by atoms with Crippen LogP contribution in [0.25, 0.3) is 0 Å². The highest BCUT2D eigenvalue weighted by molar-refractivity contribution is 7.91. The lowest BCUT2D eigenvalue weighted by Crippen LogP contribution is -2.36. The van der Waals surface area contributed by atoms with E-state index in [1.54, 1.807) is 6.20 Å². The fourth-order valence-corrected chi connectivity index (χ4v) is 4.69. The van der Waals surface area contributed by atoms with Gasteiger partial charge in [-0.1, -0.05) is 17.7 Å². The average molecular weight is 346 g/mol. The lowest BCUT2D eigenvalue weighted by atomic mass is 10.2. The van der Waals surface area contributed by atoms with E-state index in [0.717, 1.165) is 11.5 Å². The van der Waals surface area contributed by atoms with Crippen LogP contribution in [0, 0.1) is 6.92 Å². The van der Waals surface area contributed by atoms with Gasteiger partial charge >= 0.3 is 0 Å². The minimum atomic E-state index is -2.92. The van der Waals surface area contributed by atoms with Crippen molar-refractivity contribution in [3.8, 4) is 0 Å². The number of anilines is 3. The molecule has 1 N–H and O–H groups in total. The number of nitrogens with one attached hydrogen (secondary N) is 1. The Morgan fingerprint density at radius 3 is 2.62 bits per heavy atom. The number of hydrogen-bond donors (Lipinski definition) is 1. The third kappa shape index (κ3) is 3.84. The van der Waals surface area contributed by atoms with Crippen LogP contribution in [0.2, 0.25) is 0 Å². The van der Waals surface area contributed by atoms with Crippen molar-refractivity contribution >= 4 is 27.3 Å². The summed E-state index contributed by atoms with van der Waals surface area (Å²) in [6, 6.07) is 9.82. The van der Waals surface area contributed by atoms with Crippen molar-refractivity contribution in [2.75, 3.05) is 28.3 Å². The summed E-state index contributed by atoms with van der Waals surface area (Å²) in [5, 5.41) is 3.19. The minimum absolute atomic E-state index is 0.0119. The molecule has 1 fully saturated rings. The summed E-state index contributed by atoms with van der Waals surface area (Å²) < 4.78 is 23.5. The molecule has 0 spiro atoms. The van der Waals surface area contributed by atoms with Gasteiger partial charge in [0.25, 0.3) is 0 Å². The highest BCUT2D eigenvalue weighted by Crippen LogP contribution is 2.24. The van der Waals surface area contributed by atoms with Crippen LogP contribution in [0.1, 0.15) is 18.9 Å². The summed E-state index contributed by atoms with van der Waals surface area (Å²) in [5.41, 5.74) is 2.11. The first kappa shape index (κ1) is 16.7. The molecule has 1 aromatic heterocycles. The molecule has 0 aliphatic carbocycles. The molecule has 1 aromatic carbocycles. The molecule has 0 amide bonds. The maximum absolute atomic E-state index is 11.8.